The van der Waals surface area contributed by atoms with Gasteiger partial charge in [-0.3, -0.25) is 4.98 Å². The monoisotopic (exact) mass is 334 g/mol. The van der Waals surface area contributed by atoms with Crippen LogP contribution in [0.1, 0.15) is 12.5 Å². The van der Waals surface area contributed by atoms with Gasteiger partial charge in [0.2, 0.25) is 0 Å². The van der Waals surface area contributed by atoms with E-state index in [4.69, 9.17) is 9.47 Å². The first-order valence-corrected chi connectivity index (χ1v) is 8.35. The average molecular weight is 334 g/mol. The minimum atomic E-state index is 0.720. The Hall–Kier alpha value is -3.01. The van der Waals surface area contributed by atoms with E-state index in [1.807, 2.05) is 60.8 Å². The van der Waals surface area contributed by atoms with Crippen LogP contribution in [-0.2, 0) is 6.54 Å². The van der Waals surface area contributed by atoms with E-state index < -0.39 is 0 Å². The molecule has 1 heterocycles. The van der Waals surface area contributed by atoms with Crippen molar-refractivity contribution in [2.45, 2.75) is 13.5 Å². The number of pyridine rings is 1. The van der Waals surface area contributed by atoms with Crippen molar-refractivity contribution < 1.29 is 9.47 Å². The third-order valence-electron chi connectivity index (χ3n) is 4.01. The number of benzene rings is 2. The topological polar surface area (TPSA) is 34.6 Å². The summed E-state index contributed by atoms with van der Waals surface area (Å²) in [5.74, 6) is 2.48. The second kappa shape index (κ2) is 8.20. The molecule has 0 atom stereocenters. The largest absolute Gasteiger partial charge is 0.496 e. The zero-order valence-corrected chi connectivity index (χ0v) is 14.6. The van der Waals surface area contributed by atoms with Gasteiger partial charge in [-0.1, -0.05) is 36.4 Å². The summed E-state index contributed by atoms with van der Waals surface area (Å²) in [5, 5.41) is 0. The van der Waals surface area contributed by atoms with Gasteiger partial charge in [0.25, 0.3) is 0 Å². The molecule has 0 N–H and O–H groups in total. The van der Waals surface area contributed by atoms with Crippen molar-refractivity contribution in [3.8, 4) is 17.2 Å². The van der Waals surface area contributed by atoms with Gasteiger partial charge in [-0.2, -0.15) is 0 Å². The van der Waals surface area contributed by atoms with E-state index in [1.54, 1.807) is 13.3 Å². The molecule has 0 spiro atoms. The molecule has 3 rings (SSSR count). The van der Waals surface area contributed by atoms with Gasteiger partial charge in [-0.15, -0.1) is 0 Å². The Balaban J connectivity index is 1.88. The lowest BCUT2D eigenvalue weighted by molar-refractivity contribution is 0.409. The third-order valence-corrected chi connectivity index (χ3v) is 4.01. The Morgan fingerprint density at radius 1 is 0.920 bits per heavy atom. The maximum absolute atomic E-state index is 6.07. The van der Waals surface area contributed by atoms with E-state index in [9.17, 15) is 0 Å². The predicted octanol–water partition coefficient (Wildman–Crippen LogP) is 4.91. The number of nitrogens with zero attached hydrogens (tertiary/aromatic N) is 2. The van der Waals surface area contributed by atoms with Gasteiger partial charge < -0.3 is 14.4 Å². The molecule has 128 valence electrons. The average Bonchev–Trinajstić information content (AvgIpc) is 2.68. The van der Waals surface area contributed by atoms with E-state index in [2.05, 4.69) is 22.9 Å². The van der Waals surface area contributed by atoms with Crippen LogP contribution in [0.2, 0.25) is 0 Å². The summed E-state index contributed by atoms with van der Waals surface area (Å²) in [6.45, 7) is 3.67. The summed E-state index contributed by atoms with van der Waals surface area (Å²) in [7, 11) is 1.70. The smallest absolute Gasteiger partial charge is 0.153 e. The number of rotatable bonds is 7. The molecular weight excluding hydrogens is 312 g/mol. The van der Waals surface area contributed by atoms with Crippen molar-refractivity contribution in [2.75, 3.05) is 18.6 Å². The number of hydrogen-bond donors (Lipinski definition) is 0. The molecule has 0 amide bonds. The fraction of sp³-hybridized carbons (Fsp3) is 0.190. The Morgan fingerprint density at radius 2 is 1.68 bits per heavy atom. The van der Waals surface area contributed by atoms with Crippen molar-refractivity contribution in [3.05, 3.63) is 78.6 Å². The summed E-state index contributed by atoms with van der Waals surface area (Å²) in [6, 6.07) is 19.7. The highest BCUT2D eigenvalue weighted by Gasteiger charge is 2.14. The van der Waals surface area contributed by atoms with Crippen molar-refractivity contribution in [3.63, 3.8) is 0 Å². The molecule has 4 heteroatoms. The van der Waals surface area contributed by atoms with E-state index in [1.165, 1.54) is 0 Å². The summed E-state index contributed by atoms with van der Waals surface area (Å²) in [6.07, 6.45) is 3.59. The predicted molar refractivity (Wildman–Crippen MR) is 100 cm³/mol. The summed E-state index contributed by atoms with van der Waals surface area (Å²) in [5.41, 5.74) is 2.08. The molecule has 1 aromatic heterocycles. The molecule has 0 aliphatic carbocycles. The Morgan fingerprint density at radius 3 is 2.44 bits per heavy atom. The molecule has 0 aliphatic rings. The summed E-state index contributed by atoms with van der Waals surface area (Å²) < 4.78 is 11.6. The number of aromatic nitrogens is 1. The first-order chi connectivity index (χ1) is 12.3. The van der Waals surface area contributed by atoms with Crippen LogP contribution in [0, 0.1) is 0 Å². The molecule has 3 aromatic rings. The Labute approximate surface area is 148 Å². The minimum absolute atomic E-state index is 0.720. The van der Waals surface area contributed by atoms with Crippen LogP contribution < -0.4 is 14.4 Å². The molecular formula is C21H22N2O2. The van der Waals surface area contributed by atoms with Gasteiger partial charge in [0.1, 0.15) is 11.5 Å². The van der Waals surface area contributed by atoms with Gasteiger partial charge in [0.05, 0.1) is 19.0 Å². The van der Waals surface area contributed by atoms with E-state index in [0.717, 1.165) is 41.6 Å². The number of anilines is 1. The van der Waals surface area contributed by atoms with E-state index >= 15 is 0 Å². The van der Waals surface area contributed by atoms with Gasteiger partial charge in [-0.05, 0) is 25.1 Å². The minimum Gasteiger partial charge on any atom is -0.496 e. The second-order valence-electron chi connectivity index (χ2n) is 5.58. The van der Waals surface area contributed by atoms with Crippen LogP contribution in [0.3, 0.4) is 0 Å². The van der Waals surface area contributed by atoms with E-state index in [0.29, 0.717) is 0 Å². The quantitative estimate of drug-likeness (QED) is 0.615. The molecule has 0 unspecified atom stereocenters. The summed E-state index contributed by atoms with van der Waals surface area (Å²) in [4.78, 5) is 6.51. The first-order valence-electron chi connectivity index (χ1n) is 8.35. The molecule has 2 aromatic carbocycles. The van der Waals surface area contributed by atoms with Crippen molar-refractivity contribution in [2.24, 2.45) is 0 Å². The van der Waals surface area contributed by atoms with E-state index in [-0.39, 0.29) is 0 Å². The lowest BCUT2D eigenvalue weighted by Crippen LogP contribution is -2.23. The lowest BCUT2D eigenvalue weighted by atomic mass is 10.1. The van der Waals surface area contributed by atoms with Gasteiger partial charge in [0.15, 0.2) is 5.75 Å². The molecule has 0 saturated heterocycles. The SMILES string of the molecule is CCN(Cc1ccccc1OC)c1cnccc1Oc1ccccc1. The maximum Gasteiger partial charge on any atom is 0.153 e. The number of para-hydroxylation sites is 2. The molecule has 0 fully saturated rings. The lowest BCUT2D eigenvalue weighted by Gasteiger charge is -2.25. The Kier molecular flexibility index (Phi) is 5.52. The highest BCUT2D eigenvalue weighted by molar-refractivity contribution is 5.58. The summed E-state index contributed by atoms with van der Waals surface area (Å²) >= 11 is 0. The van der Waals surface area contributed by atoms with Crippen LogP contribution in [0.5, 0.6) is 17.2 Å². The van der Waals surface area contributed by atoms with Crippen LogP contribution in [0.25, 0.3) is 0 Å². The van der Waals surface area contributed by atoms with Gasteiger partial charge in [0, 0.05) is 30.9 Å². The van der Waals surface area contributed by atoms with Crippen LogP contribution >= 0.6 is 0 Å². The molecule has 0 saturated carbocycles. The van der Waals surface area contributed by atoms with Crippen LogP contribution in [0.4, 0.5) is 5.69 Å². The first kappa shape index (κ1) is 16.8. The van der Waals surface area contributed by atoms with Crippen molar-refractivity contribution >= 4 is 5.69 Å². The van der Waals surface area contributed by atoms with Crippen molar-refractivity contribution in [1.82, 2.24) is 4.98 Å². The van der Waals surface area contributed by atoms with Crippen LogP contribution in [0.15, 0.2) is 73.1 Å². The highest BCUT2D eigenvalue weighted by Crippen LogP contribution is 2.33. The fourth-order valence-corrected chi connectivity index (χ4v) is 2.72. The number of methoxy groups -OCH3 is 1. The maximum atomic E-state index is 6.07. The zero-order valence-electron chi connectivity index (χ0n) is 14.6. The molecule has 0 radical (unpaired) electrons. The number of ether oxygens (including phenoxy) is 2. The molecule has 4 nitrogen and oxygen atoms in total. The highest BCUT2D eigenvalue weighted by atomic mass is 16.5. The molecule has 25 heavy (non-hydrogen) atoms. The fourth-order valence-electron chi connectivity index (χ4n) is 2.72. The van der Waals surface area contributed by atoms with Gasteiger partial charge >= 0.3 is 0 Å². The standard InChI is InChI=1S/C21H22N2O2/c1-3-23(16-17-9-7-8-12-20(17)24-2)19-15-22-14-13-21(19)25-18-10-5-4-6-11-18/h4-15H,3,16H2,1-2H3. The molecule has 0 bridgehead atoms. The normalized spacial score (nSPS) is 10.3. The van der Waals surface area contributed by atoms with Crippen molar-refractivity contribution in [1.29, 1.82) is 0 Å². The number of hydrogen-bond acceptors (Lipinski definition) is 4. The zero-order chi connectivity index (χ0) is 17.5. The Bertz CT molecular complexity index is 806. The van der Waals surface area contributed by atoms with Crippen LogP contribution in [-0.4, -0.2) is 18.6 Å². The third kappa shape index (κ3) is 4.10. The molecule has 0 aliphatic heterocycles. The van der Waals surface area contributed by atoms with Gasteiger partial charge in [-0.25, -0.2) is 0 Å². The second-order valence-corrected chi connectivity index (χ2v) is 5.58.